The van der Waals surface area contributed by atoms with Gasteiger partial charge in [-0.3, -0.25) is 5.10 Å². The number of piperidine rings is 1. The Bertz CT molecular complexity index is 746. The third-order valence-corrected chi connectivity index (χ3v) is 4.10. The summed E-state index contributed by atoms with van der Waals surface area (Å²) in [5.74, 6) is 1.68. The van der Waals surface area contributed by atoms with E-state index in [4.69, 9.17) is 5.73 Å². The molecule has 4 N–H and O–H groups in total. The fourth-order valence-electron chi connectivity index (χ4n) is 3.10. The third-order valence-electron chi connectivity index (χ3n) is 4.10. The SMILES string of the molecule is Nc1nc(N2CCCC(c3ccn[nH]3)C2)c2cc[nH]c2n1. The lowest BCUT2D eigenvalue weighted by Gasteiger charge is -2.33. The summed E-state index contributed by atoms with van der Waals surface area (Å²) >= 11 is 0. The Morgan fingerprint density at radius 1 is 1.29 bits per heavy atom. The largest absolute Gasteiger partial charge is 0.368 e. The van der Waals surface area contributed by atoms with Crippen molar-refractivity contribution in [2.24, 2.45) is 0 Å². The van der Waals surface area contributed by atoms with Crippen LogP contribution in [0.2, 0.25) is 0 Å². The second-order valence-electron chi connectivity index (χ2n) is 5.44. The number of hydrogen-bond acceptors (Lipinski definition) is 5. The highest BCUT2D eigenvalue weighted by Gasteiger charge is 2.25. The molecule has 7 nitrogen and oxygen atoms in total. The highest BCUT2D eigenvalue weighted by molar-refractivity contribution is 5.88. The van der Waals surface area contributed by atoms with Crippen LogP contribution >= 0.6 is 0 Å². The molecule has 4 rings (SSSR count). The fraction of sp³-hybridized carbons (Fsp3) is 0.357. The summed E-state index contributed by atoms with van der Waals surface area (Å²) in [5.41, 5.74) is 7.81. The van der Waals surface area contributed by atoms with Gasteiger partial charge in [0.15, 0.2) is 0 Å². The molecule has 0 aliphatic carbocycles. The molecule has 1 atom stereocenters. The van der Waals surface area contributed by atoms with E-state index in [1.165, 1.54) is 5.69 Å². The number of aromatic amines is 2. The maximum absolute atomic E-state index is 5.83. The fourth-order valence-corrected chi connectivity index (χ4v) is 3.10. The predicted octanol–water partition coefficient (Wildman–Crippen LogP) is 1.65. The zero-order valence-electron chi connectivity index (χ0n) is 11.6. The van der Waals surface area contributed by atoms with Crippen LogP contribution in [-0.2, 0) is 0 Å². The first kappa shape index (κ1) is 12.2. The lowest BCUT2D eigenvalue weighted by molar-refractivity contribution is 0.499. The molecule has 0 amide bonds. The first-order valence-electron chi connectivity index (χ1n) is 7.16. The predicted molar refractivity (Wildman–Crippen MR) is 81.1 cm³/mol. The van der Waals surface area contributed by atoms with Crippen molar-refractivity contribution in [3.05, 3.63) is 30.2 Å². The van der Waals surface area contributed by atoms with Gasteiger partial charge in [0, 0.05) is 37.1 Å². The highest BCUT2D eigenvalue weighted by Crippen LogP contribution is 2.31. The minimum atomic E-state index is 0.309. The molecule has 1 saturated heterocycles. The minimum Gasteiger partial charge on any atom is -0.368 e. The summed E-state index contributed by atoms with van der Waals surface area (Å²) in [7, 11) is 0. The van der Waals surface area contributed by atoms with Crippen molar-refractivity contribution >= 4 is 22.8 Å². The van der Waals surface area contributed by atoms with Gasteiger partial charge in [-0.05, 0) is 25.0 Å². The zero-order valence-corrected chi connectivity index (χ0v) is 11.6. The van der Waals surface area contributed by atoms with Crippen LogP contribution in [0.4, 0.5) is 11.8 Å². The van der Waals surface area contributed by atoms with Crippen LogP contribution in [0.15, 0.2) is 24.5 Å². The van der Waals surface area contributed by atoms with Gasteiger partial charge in [-0.25, -0.2) is 0 Å². The highest BCUT2D eigenvalue weighted by atomic mass is 15.2. The number of aromatic nitrogens is 5. The number of hydrogen-bond donors (Lipinski definition) is 3. The van der Waals surface area contributed by atoms with Crippen molar-refractivity contribution in [2.45, 2.75) is 18.8 Å². The minimum absolute atomic E-state index is 0.309. The topological polar surface area (TPSA) is 99.5 Å². The lowest BCUT2D eigenvalue weighted by atomic mass is 9.95. The molecular weight excluding hydrogens is 266 g/mol. The van der Waals surface area contributed by atoms with E-state index in [0.717, 1.165) is 42.8 Å². The van der Waals surface area contributed by atoms with E-state index < -0.39 is 0 Å². The number of H-pyrrole nitrogens is 2. The van der Waals surface area contributed by atoms with E-state index in [-0.39, 0.29) is 0 Å². The second-order valence-corrected chi connectivity index (χ2v) is 5.44. The molecule has 1 unspecified atom stereocenters. The Morgan fingerprint density at radius 3 is 3.10 bits per heavy atom. The third kappa shape index (κ3) is 2.10. The Kier molecular flexibility index (Phi) is 2.77. The van der Waals surface area contributed by atoms with Crippen molar-refractivity contribution in [1.82, 2.24) is 25.1 Å². The van der Waals surface area contributed by atoms with Crippen molar-refractivity contribution in [3.63, 3.8) is 0 Å². The monoisotopic (exact) mass is 283 g/mol. The lowest BCUT2D eigenvalue weighted by Crippen LogP contribution is -2.35. The van der Waals surface area contributed by atoms with Crippen LogP contribution < -0.4 is 10.6 Å². The van der Waals surface area contributed by atoms with E-state index in [2.05, 4.69) is 30.0 Å². The quantitative estimate of drug-likeness (QED) is 0.664. The van der Waals surface area contributed by atoms with Gasteiger partial charge in [0.1, 0.15) is 11.5 Å². The molecular formula is C14H17N7. The van der Waals surface area contributed by atoms with E-state index >= 15 is 0 Å². The molecule has 108 valence electrons. The van der Waals surface area contributed by atoms with Gasteiger partial charge in [-0.2, -0.15) is 15.1 Å². The van der Waals surface area contributed by atoms with Gasteiger partial charge >= 0.3 is 0 Å². The number of rotatable bonds is 2. The number of nitrogens with two attached hydrogens (primary N) is 1. The van der Waals surface area contributed by atoms with Crippen LogP contribution in [0.25, 0.3) is 11.0 Å². The van der Waals surface area contributed by atoms with Crippen LogP contribution in [-0.4, -0.2) is 38.2 Å². The van der Waals surface area contributed by atoms with Gasteiger partial charge < -0.3 is 15.6 Å². The standard InChI is InChI=1S/C14H17N7/c15-14-18-12-10(3-5-16-12)13(19-14)21-7-1-2-9(8-21)11-4-6-17-20-11/h3-6,9H,1-2,7-8H2,(H,17,20)(H3,15,16,18,19). The molecule has 0 radical (unpaired) electrons. The Hall–Kier alpha value is -2.57. The number of fused-ring (bicyclic) bond motifs is 1. The summed E-state index contributed by atoms with van der Waals surface area (Å²) in [6, 6.07) is 4.05. The first-order chi connectivity index (χ1) is 10.3. The summed E-state index contributed by atoms with van der Waals surface area (Å²) in [6.07, 6.45) is 5.97. The second kappa shape index (κ2) is 4.76. The van der Waals surface area contributed by atoms with Crippen molar-refractivity contribution < 1.29 is 0 Å². The molecule has 21 heavy (non-hydrogen) atoms. The van der Waals surface area contributed by atoms with Crippen molar-refractivity contribution in [3.8, 4) is 0 Å². The molecule has 1 aliphatic rings. The molecule has 0 bridgehead atoms. The van der Waals surface area contributed by atoms with Crippen LogP contribution in [0, 0.1) is 0 Å². The summed E-state index contributed by atoms with van der Waals surface area (Å²) in [6.45, 7) is 1.90. The van der Waals surface area contributed by atoms with E-state index in [9.17, 15) is 0 Å². The summed E-state index contributed by atoms with van der Waals surface area (Å²) in [5, 5.41) is 8.16. The van der Waals surface area contributed by atoms with Gasteiger partial charge in [0.05, 0.1) is 5.39 Å². The van der Waals surface area contributed by atoms with Crippen LogP contribution in [0.3, 0.4) is 0 Å². The van der Waals surface area contributed by atoms with Gasteiger partial charge in [-0.1, -0.05) is 0 Å². The van der Waals surface area contributed by atoms with Crippen LogP contribution in [0.5, 0.6) is 0 Å². The maximum Gasteiger partial charge on any atom is 0.223 e. The Morgan fingerprint density at radius 2 is 2.24 bits per heavy atom. The van der Waals surface area contributed by atoms with E-state index in [1.54, 1.807) is 6.20 Å². The molecule has 4 heterocycles. The maximum atomic E-state index is 5.83. The molecule has 1 fully saturated rings. The molecule has 0 saturated carbocycles. The Labute approximate surface area is 121 Å². The van der Waals surface area contributed by atoms with E-state index in [1.807, 2.05) is 18.3 Å². The molecule has 3 aromatic rings. The number of nitrogens with one attached hydrogen (secondary N) is 2. The molecule has 0 spiro atoms. The Balaban J connectivity index is 1.70. The van der Waals surface area contributed by atoms with Gasteiger partial charge in [0.25, 0.3) is 0 Å². The first-order valence-corrected chi connectivity index (χ1v) is 7.16. The normalized spacial score (nSPS) is 19.2. The van der Waals surface area contributed by atoms with Gasteiger partial charge in [-0.15, -0.1) is 0 Å². The average molecular weight is 283 g/mol. The molecule has 3 aromatic heterocycles. The number of nitrogen functional groups attached to an aromatic ring is 1. The van der Waals surface area contributed by atoms with Crippen LogP contribution in [0.1, 0.15) is 24.5 Å². The summed E-state index contributed by atoms with van der Waals surface area (Å²) in [4.78, 5) is 14.1. The van der Waals surface area contributed by atoms with Crippen molar-refractivity contribution in [2.75, 3.05) is 23.7 Å². The van der Waals surface area contributed by atoms with E-state index in [0.29, 0.717) is 11.9 Å². The average Bonchev–Trinajstić information content (AvgIpc) is 3.17. The number of nitrogens with zero attached hydrogens (tertiary/aromatic N) is 4. The summed E-state index contributed by atoms with van der Waals surface area (Å²) < 4.78 is 0. The molecule has 7 heteroatoms. The zero-order chi connectivity index (χ0) is 14.2. The molecule has 1 aliphatic heterocycles. The van der Waals surface area contributed by atoms with Crippen molar-refractivity contribution in [1.29, 1.82) is 0 Å². The molecule has 0 aromatic carbocycles. The van der Waals surface area contributed by atoms with Gasteiger partial charge in [0.2, 0.25) is 5.95 Å². The smallest absolute Gasteiger partial charge is 0.223 e. The number of anilines is 2.